The van der Waals surface area contributed by atoms with Gasteiger partial charge in [0.15, 0.2) is 11.5 Å². The molecule has 0 fully saturated rings. The van der Waals surface area contributed by atoms with Crippen molar-refractivity contribution >= 4 is 11.9 Å². The van der Waals surface area contributed by atoms with Gasteiger partial charge in [-0.2, -0.15) is 23.3 Å². The van der Waals surface area contributed by atoms with E-state index in [0.717, 1.165) is 10.7 Å². The summed E-state index contributed by atoms with van der Waals surface area (Å²) in [5.74, 6) is 1.03. The molecule has 2 aromatic heterocycles. The van der Waals surface area contributed by atoms with Gasteiger partial charge in [-0.25, -0.2) is 4.68 Å². The van der Waals surface area contributed by atoms with Gasteiger partial charge >= 0.3 is 6.18 Å². The molecule has 4 rings (SSSR count). The van der Waals surface area contributed by atoms with Crippen molar-refractivity contribution in [3.8, 4) is 28.6 Å². The average molecular weight is 458 g/mol. The number of amides is 1. The summed E-state index contributed by atoms with van der Waals surface area (Å²) >= 11 is 0. The van der Waals surface area contributed by atoms with Crippen LogP contribution in [0, 0.1) is 0 Å². The fourth-order valence-electron chi connectivity index (χ4n) is 2.99. The van der Waals surface area contributed by atoms with E-state index in [-0.39, 0.29) is 11.5 Å². The number of nitrogens with zero attached hydrogens (tertiary/aromatic N) is 4. The molecule has 0 unspecified atom stereocenters. The molecule has 0 aliphatic heterocycles. The van der Waals surface area contributed by atoms with E-state index in [0.29, 0.717) is 28.6 Å². The van der Waals surface area contributed by atoms with Crippen molar-refractivity contribution in [3.05, 3.63) is 66.0 Å². The minimum absolute atomic E-state index is 0.0406. The number of halogens is 3. The standard InChI is InChI=1S/C21H17F3N6O3/c1-32-14-7-8-15(16(11-14)33-2)18-25-20(28-27-18)26-19(31)12-3-5-13(6-4-12)30-10-9-17(29-30)21(22,23)24/h3-11H,1-2H3,(H2,25,26,27,28,31). The third kappa shape index (κ3) is 4.63. The van der Waals surface area contributed by atoms with Crippen molar-refractivity contribution in [3.63, 3.8) is 0 Å². The number of anilines is 1. The highest BCUT2D eigenvalue weighted by Gasteiger charge is 2.33. The van der Waals surface area contributed by atoms with Gasteiger partial charge in [0.25, 0.3) is 5.91 Å². The average Bonchev–Trinajstić information content (AvgIpc) is 3.49. The lowest BCUT2D eigenvalue weighted by Gasteiger charge is -2.07. The molecule has 33 heavy (non-hydrogen) atoms. The van der Waals surface area contributed by atoms with Crippen molar-refractivity contribution in [1.82, 2.24) is 25.0 Å². The molecule has 1 amide bonds. The number of aromatic nitrogens is 5. The number of hydrogen-bond donors (Lipinski definition) is 2. The maximum Gasteiger partial charge on any atom is 0.435 e. The smallest absolute Gasteiger partial charge is 0.435 e. The monoisotopic (exact) mass is 458 g/mol. The molecule has 0 spiro atoms. The molecule has 0 aliphatic carbocycles. The Morgan fingerprint density at radius 2 is 1.82 bits per heavy atom. The number of rotatable bonds is 6. The van der Waals surface area contributed by atoms with Crippen molar-refractivity contribution in [2.75, 3.05) is 19.5 Å². The molecule has 0 aliphatic rings. The van der Waals surface area contributed by atoms with E-state index >= 15 is 0 Å². The van der Waals surface area contributed by atoms with Gasteiger partial charge < -0.3 is 9.47 Å². The van der Waals surface area contributed by atoms with Gasteiger partial charge in [-0.15, -0.1) is 5.10 Å². The van der Waals surface area contributed by atoms with E-state index in [9.17, 15) is 18.0 Å². The van der Waals surface area contributed by atoms with E-state index in [1.807, 2.05) is 0 Å². The van der Waals surface area contributed by atoms with Gasteiger partial charge in [-0.05, 0) is 42.5 Å². The number of alkyl halides is 3. The molecule has 2 aromatic carbocycles. The number of H-pyrrole nitrogens is 1. The van der Waals surface area contributed by atoms with Crippen molar-refractivity contribution < 1.29 is 27.4 Å². The SMILES string of the molecule is COc1ccc(-c2nc(NC(=O)c3ccc(-n4ccc(C(F)(F)F)n4)cc3)n[nH]2)c(OC)c1. The number of aromatic amines is 1. The summed E-state index contributed by atoms with van der Waals surface area (Å²) < 4.78 is 49.8. The summed E-state index contributed by atoms with van der Waals surface area (Å²) in [4.78, 5) is 16.8. The van der Waals surface area contributed by atoms with Crippen LogP contribution in [0.2, 0.25) is 0 Å². The molecule has 2 heterocycles. The Balaban J connectivity index is 1.47. The molecule has 0 saturated carbocycles. The quantitative estimate of drug-likeness (QED) is 0.453. The highest BCUT2D eigenvalue weighted by atomic mass is 19.4. The van der Waals surface area contributed by atoms with Crippen LogP contribution in [0.25, 0.3) is 17.1 Å². The van der Waals surface area contributed by atoms with Crippen LogP contribution >= 0.6 is 0 Å². The summed E-state index contributed by atoms with van der Waals surface area (Å²) in [5.41, 5.74) is 0.246. The van der Waals surface area contributed by atoms with Gasteiger partial charge in [0, 0.05) is 17.8 Å². The molecule has 4 aromatic rings. The normalized spacial score (nSPS) is 11.3. The summed E-state index contributed by atoms with van der Waals surface area (Å²) in [5, 5.41) is 12.8. The van der Waals surface area contributed by atoms with E-state index in [1.165, 1.54) is 44.7 Å². The Morgan fingerprint density at radius 3 is 2.45 bits per heavy atom. The van der Waals surface area contributed by atoms with Crippen LogP contribution in [0.4, 0.5) is 19.1 Å². The lowest BCUT2D eigenvalue weighted by atomic mass is 10.2. The molecule has 2 N–H and O–H groups in total. The van der Waals surface area contributed by atoms with Crippen molar-refractivity contribution in [1.29, 1.82) is 0 Å². The van der Waals surface area contributed by atoms with Crippen LogP contribution in [0.3, 0.4) is 0 Å². The molecule has 0 atom stereocenters. The second kappa shape index (κ2) is 8.65. The van der Waals surface area contributed by atoms with Crippen LogP contribution in [-0.4, -0.2) is 45.1 Å². The number of carbonyl (C=O) groups excluding carboxylic acids is 1. The molecular weight excluding hydrogens is 441 g/mol. The topological polar surface area (TPSA) is 107 Å². The zero-order valence-electron chi connectivity index (χ0n) is 17.3. The first-order valence-electron chi connectivity index (χ1n) is 9.48. The van der Waals surface area contributed by atoms with Gasteiger partial charge in [0.05, 0.1) is 25.5 Å². The molecule has 0 saturated heterocycles. The fraction of sp³-hybridized carbons (Fsp3) is 0.143. The third-order valence-electron chi connectivity index (χ3n) is 4.65. The van der Waals surface area contributed by atoms with E-state index in [2.05, 4.69) is 25.6 Å². The first-order valence-corrected chi connectivity index (χ1v) is 9.48. The minimum Gasteiger partial charge on any atom is -0.497 e. The highest BCUT2D eigenvalue weighted by Crippen LogP contribution is 2.31. The van der Waals surface area contributed by atoms with Crippen LogP contribution in [0.1, 0.15) is 16.1 Å². The van der Waals surface area contributed by atoms with E-state index in [1.54, 1.807) is 18.2 Å². The lowest BCUT2D eigenvalue weighted by molar-refractivity contribution is -0.141. The Hall–Kier alpha value is -4.35. The number of methoxy groups -OCH3 is 2. The number of ether oxygens (including phenoxy) is 2. The van der Waals surface area contributed by atoms with Gasteiger partial charge in [-0.3, -0.25) is 15.2 Å². The maximum absolute atomic E-state index is 12.7. The lowest BCUT2D eigenvalue weighted by Crippen LogP contribution is -2.13. The second-order valence-corrected chi connectivity index (χ2v) is 6.72. The molecular formula is C21H17F3N6O3. The van der Waals surface area contributed by atoms with Crippen LogP contribution < -0.4 is 14.8 Å². The van der Waals surface area contributed by atoms with Crippen molar-refractivity contribution in [2.24, 2.45) is 0 Å². The zero-order valence-corrected chi connectivity index (χ0v) is 17.3. The Kier molecular flexibility index (Phi) is 5.73. The fourth-order valence-corrected chi connectivity index (χ4v) is 2.99. The summed E-state index contributed by atoms with van der Waals surface area (Å²) in [7, 11) is 3.05. The second-order valence-electron chi connectivity index (χ2n) is 6.72. The summed E-state index contributed by atoms with van der Waals surface area (Å²) in [6.45, 7) is 0. The van der Waals surface area contributed by atoms with Crippen LogP contribution in [-0.2, 0) is 6.18 Å². The number of benzene rings is 2. The highest BCUT2D eigenvalue weighted by molar-refractivity contribution is 6.03. The molecule has 12 heteroatoms. The zero-order chi connectivity index (χ0) is 23.6. The first-order chi connectivity index (χ1) is 15.8. The predicted octanol–water partition coefficient (Wildman–Crippen LogP) is 3.95. The van der Waals surface area contributed by atoms with Gasteiger partial charge in [0.1, 0.15) is 11.5 Å². The summed E-state index contributed by atoms with van der Waals surface area (Å²) in [6.07, 6.45) is -3.34. The van der Waals surface area contributed by atoms with E-state index < -0.39 is 17.8 Å². The van der Waals surface area contributed by atoms with Gasteiger partial charge in [0.2, 0.25) is 5.95 Å². The van der Waals surface area contributed by atoms with Crippen LogP contribution in [0.15, 0.2) is 54.7 Å². The molecule has 0 radical (unpaired) electrons. The molecule has 9 nitrogen and oxygen atoms in total. The van der Waals surface area contributed by atoms with Crippen LogP contribution in [0.5, 0.6) is 11.5 Å². The van der Waals surface area contributed by atoms with Gasteiger partial charge in [-0.1, -0.05) is 0 Å². The number of carbonyl (C=O) groups is 1. The largest absolute Gasteiger partial charge is 0.497 e. The predicted molar refractivity (Wildman–Crippen MR) is 111 cm³/mol. The Bertz CT molecular complexity index is 1280. The Morgan fingerprint density at radius 1 is 1.06 bits per heavy atom. The first kappa shape index (κ1) is 21.9. The third-order valence-corrected chi connectivity index (χ3v) is 4.65. The minimum atomic E-state index is -4.53. The summed E-state index contributed by atoms with van der Waals surface area (Å²) in [6, 6.07) is 11.9. The molecule has 170 valence electrons. The molecule has 0 bridgehead atoms. The number of hydrogen-bond acceptors (Lipinski definition) is 6. The van der Waals surface area contributed by atoms with E-state index in [4.69, 9.17) is 9.47 Å². The van der Waals surface area contributed by atoms with Crippen molar-refractivity contribution in [2.45, 2.75) is 6.18 Å². The maximum atomic E-state index is 12.7. The Labute approximate surface area is 185 Å². The number of nitrogens with one attached hydrogen (secondary N) is 2.